The molecule has 0 unspecified atom stereocenters. The molecule has 0 fully saturated rings. The number of carbonyl (C=O) groups excluding carboxylic acids is 2. The second kappa shape index (κ2) is 8.58. The van der Waals surface area contributed by atoms with Gasteiger partial charge in [-0.2, -0.15) is 0 Å². The van der Waals surface area contributed by atoms with Crippen molar-refractivity contribution in [3.8, 4) is 17.2 Å². The first-order valence-electron chi connectivity index (χ1n) is 7.85. The summed E-state index contributed by atoms with van der Waals surface area (Å²) in [6.45, 7) is 3.07. The van der Waals surface area contributed by atoms with E-state index in [2.05, 4.69) is 5.32 Å². The van der Waals surface area contributed by atoms with Crippen molar-refractivity contribution in [2.75, 3.05) is 19.5 Å². The second-order valence-corrected chi connectivity index (χ2v) is 5.93. The normalized spacial score (nSPS) is 11.4. The second-order valence-electron chi connectivity index (χ2n) is 5.52. The van der Waals surface area contributed by atoms with Gasteiger partial charge in [-0.05, 0) is 50.2 Å². The molecule has 6 nitrogen and oxygen atoms in total. The highest BCUT2D eigenvalue weighted by Crippen LogP contribution is 2.30. The van der Waals surface area contributed by atoms with Gasteiger partial charge in [-0.25, -0.2) is 0 Å². The number of nitrogens with one attached hydrogen (secondary N) is 1. The van der Waals surface area contributed by atoms with Crippen LogP contribution in [0.4, 0.5) is 5.69 Å². The van der Waals surface area contributed by atoms with E-state index in [-0.39, 0.29) is 11.7 Å². The first-order chi connectivity index (χ1) is 12.3. The van der Waals surface area contributed by atoms with E-state index in [9.17, 15) is 9.59 Å². The Balaban J connectivity index is 2.09. The molecule has 0 spiro atoms. The van der Waals surface area contributed by atoms with Crippen LogP contribution in [0.3, 0.4) is 0 Å². The molecule has 2 aromatic carbocycles. The van der Waals surface area contributed by atoms with E-state index in [1.807, 2.05) is 0 Å². The summed E-state index contributed by atoms with van der Waals surface area (Å²) in [7, 11) is 2.98. The first-order valence-corrected chi connectivity index (χ1v) is 8.23. The molecule has 0 bridgehead atoms. The molecule has 7 heteroatoms. The van der Waals surface area contributed by atoms with Gasteiger partial charge in [-0.15, -0.1) is 0 Å². The highest BCUT2D eigenvalue weighted by atomic mass is 35.5. The van der Waals surface area contributed by atoms with Gasteiger partial charge in [0.05, 0.1) is 19.2 Å². The fourth-order valence-corrected chi connectivity index (χ4v) is 2.47. The number of anilines is 1. The van der Waals surface area contributed by atoms with Crippen molar-refractivity contribution in [1.29, 1.82) is 0 Å². The summed E-state index contributed by atoms with van der Waals surface area (Å²) in [5.74, 6) is 0.822. The number of carbonyl (C=O) groups is 2. The molecule has 2 aromatic rings. The SMILES string of the molecule is COc1ccc(NC(=O)[C@@H](C)Oc2ccc(C(C)=O)cc2OC)cc1Cl. The van der Waals surface area contributed by atoms with Crippen molar-refractivity contribution >= 4 is 29.0 Å². The molecular weight excluding hydrogens is 358 g/mol. The summed E-state index contributed by atoms with van der Waals surface area (Å²) in [4.78, 5) is 23.8. The molecule has 1 N–H and O–H groups in total. The number of benzene rings is 2. The molecule has 1 amide bonds. The van der Waals surface area contributed by atoms with Crippen LogP contribution in [0.15, 0.2) is 36.4 Å². The first kappa shape index (κ1) is 19.6. The number of Topliss-reactive ketones (excluding diaryl/α,β-unsaturated/α-hetero) is 1. The van der Waals surface area contributed by atoms with Crippen molar-refractivity contribution in [3.63, 3.8) is 0 Å². The molecule has 1 atom stereocenters. The molecule has 0 aliphatic heterocycles. The van der Waals surface area contributed by atoms with Crippen LogP contribution < -0.4 is 19.5 Å². The lowest BCUT2D eigenvalue weighted by atomic mass is 10.1. The van der Waals surface area contributed by atoms with Crippen LogP contribution in [0.2, 0.25) is 5.02 Å². The zero-order chi connectivity index (χ0) is 19.3. The Morgan fingerprint density at radius 2 is 1.65 bits per heavy atom. The molecule has 0 heterocycles. The molecule has 26 heavy (non-hydrogen) atoms. The third-order valence-corrected chi connectivity index (χ3v) is 3.96. The summed E-state index contributed by atoms with van der Waals surface area (Å²) in [5, 5.41) is 3.11. The maximum Gasteiger partial charge on any atom is 0.265 e. The van der Waals surface area contributed by atoms with Crippen LogP contribution in [-0.2, 0) is 4.79 Å². The van der Waals surface area contributed by atoms with Gasteiger partial charge in [-0.1, -0.05) is 11.6 Å². The lowest BCUT2D eigenvalue weighted by Crippen LogP contribution is -2.30. The Kier molecular flexibility index (Phi) is 6.46. The number of methoxy groups -OCH3 is 2. The molecule has 0 aliphatic rings. The predicted molar refractivity (Wildman–Crippen MR) is 99.7 cm³/mol. The molecule has 138 valence electrons. The lowest BCUT2D eigenvalue weighted by molar-refractivity contribution is -0.122. The molecular formula is C19H20ClNO5. The number of rotatable bonds is 7. The highest BCUT2D eigenvalue weighted by Gasteiger charge is 2.18. The van der Waals surface area contributed by atoms with Gasteiger partial charge in [0, 0.05) is 11.3 Å². The fraction of sp³-hybridized carbons (Fsp3) is 0.263. The lowest BCUT2D eigenvalue weighted by Gasteiger charge is -2.17. The number of ketones is 1. The van der Waals surface area contributed by atoms with Gasteiger partial charge in [0.25, 0.3) is 5.91 Å². The Hall–Kier alpha value is -2.73. The zero-order valence-corrected chi connectivity index (χ0v) is 15.7. The topological polar surface area (TPSA) is 73.9 Å². The molecule has 2 rings (SSSR count). The fourth-order valence-electron chi connectivity index (χ4n) is 2.22. The van der Waals surface area contributed by atoms with Crippen LogP contribution in [0, 0.1) is 0 Å². The van der Waals surface area contributed by atoms with Gasteiger partial charge in [-0.3, -0.25) is 9.59 Å². The van der Waals surface area contributed by atoms with Crippen LogP contribution in [-0.4, -0.2) is 32.0 Å². The monoisotopic (exact) mass is 377 g/mol. The number of hydrogen-bond donors (Lipinski definition) is 1. The van der Waals surface area contributed by atoms with E-state index < -0.39 is 6.10 Å². The Labute approximate surface area is 157 Å². The van der Waals surface area contributed by atoms with E-state index in [0.717, 1.165) is 0 Å². The Bertz CT molecular complexity index is 822. The van der Waals surface area contributed by atoms with Crippen LogP contribution in [0.5, 0.6) is 17.2 Å². The third kappa shape index (κ3) is 4.67. The maximum absolute atomic E-state index is 12.4. The van der Waals surface area contributed by atoms with Crippen molar-refractivity contribution in [2.45, 2.75) is 20.0 Å². The maximum atomic E-state index is 12.4. The number of hydrogen-bond acceptors (Lipinski definition) is 5. The predicted octanol–water partition coefficient (Wildman–Crippen LogP) is 3.97. The molecule has 0 aliphatic carbocycles. The van der Waals surface area contributed by atoms with Crippen molar-refractivity contribution in [3.05, 3.63) is 47.0 Å². The summed E-state index contributed by atoms with van der Waals surface area (Å²) in [6.07, 6.45) is -0.798. The Morgan fingerprint density at radius 1 is 1.00 bits per heavy atom. The van der Waals surface area contributed by atoms with Crippen LogP contribution >= 0.6 is 11.6 Å². The van der Waals surface area contributed by atoms with Gasteiger partial charge in [0.2, 0.25) is 0 Å². The van der Waals surface area contributed by atoms with Crippen molar-refractivity contribution in [2.24, 2.45) is 0 Å². The minimum atomic E-state index is -0.798. The molecule has 0 aromatic heterocycles. The summed E-state index contributed by atoms with van der Waals surface area (Å²) < 4.78 is 16.0. The van der Waals surface area contributed by atoms with Gasteiger partial charge in [0.1, 0.15) is 5.75 Å². The summed E-state index contributed by atoms with van der Waals surface area (Å²) in [5.41, 5.74) is 1.02. The summed E-state index contributed by atoms with van der Waals surface area (Å²) in [6, 6.07) is 9.72. The average molecular weight is 378 g/mol. The average Bonchev–Trinajstić information content (AvgIpc) is 2.61. The number of amides is 1. The summed E-state index contributed by atoms with van der Waals surface area (Å²) >= 11 is 6.05. The minimum absolute atomic E-state index is 0.0861. The molecule has 0 radical (unpaired) electrons. The van der Waals surface area contributed by atoms with E-state index in [1.54, 1.807) is 43.3 Å². The quantitative estimate of drug-likeness (QED) is 0.739. The van der Waals surface area contributed by atoms with Crippen LogP contribution in [0.25, 0.3) is 0 Å². The van der Waals surface area contributed by atoms with Gasteiger partial charge >= 0.3 is 0 Å². The van der Waals surface area contributed by atoms with E-state index in [4.69, 9.17) is 25.8 Å². The van der Waals surface area contributed by atoms with Gasteiger partial charge in [0.15, 0.2) is 23.4 Å². The molecule has 0 saturated carbocycles. The largest absolute Gasteiger partial charge is 0.495 e. The van der Waals surface area contributed by atoms with Crippen LogP contribution in [0.1, 0.15) is 24.2 Å². The third-order valence-electron chi connectivity index (χ3n) is 3.66. The number of ether oxygens (including phenoxy) is 3. The molecule has 0 saturated heterocycles. The van der Waals surface area contributed by atoms with Crippen molar-refractivity contribution < 1.29 is 23.8 Å². The minimum Gasteiger partial charge on any atom is -0.495 e. The van der Waals surface area contributed by atoms with Gasteiger partial charge < -0.3 is 19.5 Å². The van der Waals surface area contributed by atoms with E-state index in [1.165, 1.54) is 21.1 Å². The number of halogens is 1. The zero-order valence-electron chi connectivity index (χ0n) is 15.0. The van der Waals surface area contributed by atoms with E-state index >= 15 is 0 Å². The van der Waals surface area contributed by atoms with E-state index in [0.29, 0.717) is 33.5 Å². The van der Waals surface area contributed by atoms with Crippen molar-refractivity contribution in [1.82, 2.24) is 0 Å². The standard InChI is InChI=1S/C19H20ClNO5/c1-11(22)13-5-7-17(18(9-13)25-4)26-12(2)19(23)21-14-6-8-16(24-3)15(20)10-14/h5-10,12H,1-4H3,(H,21,23)/t12-/m1/s1. The smallest absolute Gasteiger partial charge is 0.265 e. The highest BCUT2D eigenvalue weighted by molar-refractivity contribution is 6.32. The Morgan fingerprint density at radius 3 is 2.23 bits per heavy atom.